The second kappa shape index (κ2) is 10.5. The SMILES string of the molecule is CC(C)(C)OC(=O)N1CCC(F)(CCN2CCN(C(=O)OCc3ccccc3)CC2)CC1. The normalized spacial score (nSPS) is 19.5. The number of hydrogen-bond acceptors (Lipinski definition) is 5. The van der Waals surface area contributed by atoms with Crippen LogP contribution in [-0.2, 0) is 16.1 Å². The van der Waals surface area contributed by atoms with Crippen LogP contribution in [0.5, 0.6) is 0 Å². The molecule has 2 aliphatic rings. The first-order chi connectivity index (χ1) is 15.1. The first kappa shape index (κ1) is 24.3. The minimum Gasteiger partial charge on any atom is -0.445 e. The lowest BCUT2D eigenvalue weighted by Gasteiger charge is -2.39. The van der Waals surface area contributed by atoms with Crippen molar-refractivity contribution in [2.45, 2.75) is 57.9 Å². The van der Waals surface area contributed by atoms with Gasteiger partial charge in [0.1, 0.15) is 17.9 Å². The quantitative estimate of drug-likeness (QED) is 0.678. The largest absolute Gasteiger partial charge is 0.445 e. The molecule has 178 valence electrons. The van der Waals surface area contributed by atoms with Gasteiger partial charge in [-0.15, -0.1) is 0 Å². The molecule has 1 aromatic rings. The predicted molar refractivity (Wildman–Crippen MR) is 120 cm³/mol. The molecule has 8 heteroatoms. The van der Waals surface area contributed by atoms with Crippen LogP contribution in [0.3, 0.4) is 0 Å². The van der Waals surface area contributed by atoms with Gasteiger partial charge in [-0.2, -0.15) is 0 Å². The lowest BCUT2D eigenvalue weighted by atomic mass is 9.90. The number of carbonyl (C=O) groups excluding carboxylic acids is 2. The molecular formula is C24H36FN3O4. The van der Waals surface area contributed by atoms with Gasteiger partial charge < -0.3 is 19.3 Å². The molecular weight excluding hydrogens is 413 g/mol. The summed E-state index contributed by atoms with van der Waals surface area (Å²) < 4.78 is 26.1. The van der Waals surface area contributed by atoms with Gasteiger partial charge in [-0.3, -0.25) is 4.90 Å². The molecule has 32 heavy (non-hydrogen) atoms. The van der Waals surface area contributed by atoms with Gasteiger partial charge in [0, 0.05) is 45.8 Å². The molecule has 0 unspecified atom stereocenters. The maximum atomic E-state index is 15.3. The van der Waals surface area contributed by atoms with Gasteiger partial charge >= 0.3 is 12.2 Å². The third-order valence-electron chi connectivity index (χ3n) is 6.02. The van der Waals surface area contributed by atoms with Crippen molar-refractivity contribution in [1.82, 2.24) is 14.7 Å². The molecule has 0 N–H and O–H groups in total. The highest BCUT2D eigenvalue weighted by Crippen LogP contribution is 2.31. The summed E-state index contributed by atoms with van der Waals surface area (Å²) in [6.45, 7) is 9.75. The molecule has 0 radical (unpaired) electrons. The molecule has 0 bridgehead atoms. The first-order valence-corrected chi connectivity index (χ1v) is 11.5. The molecule has 0 aliphatic carbocycles. The molecule has 7 nitrogen and oxygen atoms in total. The van der Waals surface area contributed by atoms with Crippen molar-refractivity contribution in [3.8, 4) is 0 Å². The zero-order valence-electron chi connectivity index (χ0n) is 19.5. The van der Waals surface area contributed by atoms with Crippen LogP contribution in [0.15, 0.2) is 30.3 Å². The van der Waals surface area contributed by atoms with E-state index in [1.807, 2.05) is 51.1 Å². The van der Waals surface area contributed by atoms with Crippen molar-refractivity contribution in [1.29, 1.82) is 0 Å². The van der Waals surface area contributed by atoms with Crippen LogP contribution < -0.4 is 0 Å². The van der Waals surface area contributed by atoms with Crippen molar-refractivity contribution in [3.05, 3.63) is 35.9 Å². The highest BCUT2D eigenvalue weighted by Gasteiger charge is 2.37. The van der Waals surface area contributed by atoms with Gasteiger partial charge in [0.2, 0.25) is 0 Å². The van der Waals surface area contributed by atoms with Gasteiger partial charge in [-0.1, -0.05) is 30.3 Å². The van der Waals surface area contributed by atoms with E-state index >= 15 is 4.39 Å². The fourth-order valence-electron chi connectivity index (χ4n) is 3.99. The Balaban J connectivity index is 1.34. The maximum Gasteiger partial charge on any atom is 0.410 e. The Bertz CT molecular complexity index is 752. The van der Waals surface area contributed by atoms with Crippen LogP contribution in [0.4, 0.5) is 14.0 Å². The lowest BCUT2D eigenvalue weighted by Crippen LogP contribution is -2.51. The minimum atomic E-state index is -1.26. The lowest BCUT2D eigenvalue weighted by molar-refractivity contribution is -0.00215. The van der Waals surface area contributed by atoms with E-state index in [1.54, 1.807) is 9.80 Å². The topological polar surface area (TPSA) is 62.3 Å². The number of halogens is 1. The van der Waals surface area contributed by atoms with E-state index in [2.05, 4.69) is 4.90 Å². The molecule has 3 rings (SSSR count). The van der Waals surface area contributed by atoms with Gasteiger partial charge in [-0.25, -0.2) is 14.0 Å². The average Bonchev–Trinajstić information content (AvgIpc) is 2.76. The fourth-order valence-corrected chi connectivity index (χ4v) is 3.99. The number of likely N-dealkylation sites (tertiary alicyclic amines) is 1. The number of carbonyl (C=O) groups is 2. The second-order valence-corrected chi connectivity index (χ2v) is 9.74. The number of piperidine rings is 1. The van der Waals surface area contributed by atoms with Crippen LogP contribution >= 0.6 is 0 Å². The summed E-state index contributed by atoms with van der Waals surface area (Å²) in [5.41, 5.74) is -0.840. The summed E-state index contributed by atoms with van der Waals surface area (Å²) in [7, 11) is 0. The zero-order chi connectivity index (χ0) is 23.2. The highest BCUT2D eigenvalue weighted by atomic mass is 19.1. The molecule has 2 fully saturated rings. The van der Waals surface area contributed by atoms with E-state index in [4.69, 9.17) is 9.47 Å². The molecule has 0 saturated carbocycles. The summed E-state index contributed by atoms with van der Waals surface area (Å²) in [4.78, 5) is 30.0. The molecule has 2 heterocycles. The van der Waals surface area contributed by atoms with Crippen LogP contribution in [0.25, 0.3) is 0 Å². The van der Waals surface area contributed by atoms with E-state index < -0.39 is 11.3 Å². The van der Waals surface area contributed by atoms with Crippen molar-refractivity contribution in [3.63, 3.8) is 0 Å². The molecule has 0 spiro atoms. The molecule has 1 aromatic carbocycles. The van der Waals surface area contributed by atoms with E-state index in [0.717, 1.165) is 5.56 Å². The van der Waals surface area contributed by atoms with Crippen LogP contribution in [0, 0.1) is 0 Å². The summed E-state index contributed by atoms with van der Waals surface area (Å²) in [6.07, 6.45) is 0.434. The molecule has 0 aromatic heterocycles. The number of amides is 2. The second-order valence-electron chi connectivity index (χ2n) is 9.74. The maximum absolute atomic E-state index is 15.3. The number of piperazine rings is 1. The standard InChI is InChI=1S/C24H36FN3O4/c1-23(2,3)32-22(30)27-13-10-24(25,11-14-27)9-12-26-15-17-28(18-16-26)21(29)31-19-20-7-5-4-6-8-20/h4-8H,9-19H2,1-3H3. The van der Waals surface area contributed by atoms with E-state index in [9.17, 15) is 9.59 Å². The third-order valence-corrected chi connectivity index (χ3v) is 6.02. The fraction of sp³-hybridized carbons (Fsp3) is 0.667. The molecule has 0 atom stereocenters. The van der Waals surface area contributed by atoms with Crippen LogP contribution in [0.2, 0.25) is 0 Å². The Morgan fingerprint density at radius 3 is 2.12 bits per heavy atom. The van der Waals surface area contributed by atoms with Gasteiger partial charge in [-0.05, 0) is 45.6 Å². The Kier molecular flexibility index (Phi) is 7.98. The van der Waals surface area contributed by atoms with Gasteiger partial charge in [0.05, 0.1) is 0 Å². The molecule has 2 aliphatic heterocycles. The Morgan fingerprint density at radius 2 is 1.53 bits per heavy atom. The Hall–Kier alpha value is -2.35. The van der Waals surface area contributed by atoms with Gasteiger partial charge in [0.15, 0.2) is 0 Å². The number of nitrogens with zero attached hydrogens (tertiary/aromatic N) is 3. The van der Waals surface area contributed by atoms with E-state index in [1.165, 1.54) is 0 Å². The molecule has 2 amide bonds. The van der Waals surface area contributed by atoms with Crippen molar-refractivity contribution < 1.29 is 23.5 Å². The molecule has 2 saturated heterocycles. The predicted octanol–water partition coefficient (Wildman–Crippen LogP) is 4.07. The smallest absolute Gasteiger partial charge is 0.410 e. The number of alkyl halides is 1. The summed E-state index contributed by atoms with van der Waals surface area (Å²) >= 11 is 0. The Morgan fingerprint density at radius 1 is 0.938 bits per heavy atom. The average molecular weight is 450 g/mol. The monoisotopic (exact) mass is 449 g/mol. The number of rotatable bonds is 5. The third kappa shape index (κ3) is 7.36. The first-order valence-electron chi connectivity index (χ1n) is 11.5. The number of ether oxygens (including phenoxy) is 2. The van der Waals surface area contributed by atoms with Crippen molar-refractivity contribution in [2.75, 3.05) is 45.8 Å². The van der Waals surface area contributed by atoms with Crippen molar-refractivity contribution in [2.24, 2.45) is 0 Å². The zero-order valence-corrected chi connectivity index (χ0v) is 19.5. The van der Waals surface area contributed by atoms with Crippen LogP contribution in [-0.4, -0.2) is 84.0 Å². The highest BCUT2D eigenvalue weighted by molar-refractivity contribution is 5.68. The van der Waals surface area contributed by atoms with Crippen molar-refractivity contribution >= 4 is 12.2 Å². The van der Waals surface area contributed by atoms with E-state index in [0.29, 0.717) is 65.1 Å². The van der Waals surface area contributed by atoms with Crippen LogP contribution in [0.1, 0.15) is 45.6 Å². The number of hydrogen-bond donors (Lipinski definition) is 0. The summed E-state index contributed by atoms with van der Waals surface area (Å²) in [5, 5.41) is 0. The summed E-state index contributed by atoms with van der Waals surface area (Å²) in [6, 6.07) is 9.62. The minimum absolute atomic E-state index is 0.268. The van der Waals surface area contributed by atoms with Gasteiger partial charge in [0.25, 0.3) is 0 Å². The summed E-state index contributed by atoms with van der Waals surface area (Å²) in [5.74, 6) is 0. The Labute approximate surface area is 190 Å². The number of benzene rings is 1. The van der Waals surface area contributed by atoms with E-state index in [-0.39, 0.29) is 18.8 Å².